The Morgan fingerprint density at radius 2 is 1.95 bits per heavy atom. The van der Waals surface area contributed by atoms with Crippen LogP contribution in [0.3, 0.4) is 0 Å². The van der Waals surface area contributed by atoms with Gasteiger partial charge >= 0.3 is 0 Å². The Kier molecular flexibility index (Phi) is 5.15. The van der Waals surface area contributed by atoms with Crippen molar-refractivity contribution < 1.29 is 14.3 Å². The average molecular weight is 277 g/mol. The third kappa shape index (κ3) is 3.38. The summed E-state index contributed by atoms with van der Waals surface area (Å²) >= 11 is 0. The van der Waals surface area contributed by atoms with E-state index >= 15 is 0 Å². The molecule has 0 saturated carbocycles. The second-order valence-electron chi connectivity index (χ2n) is 5.48. The summed E-state index contributed by atoms with van der Waals surface area (Å²) in [6.45, 7) is 5.66. The summed E-state index contributed by atoms with van der Waals surface area (Å²) in [5.41, 5.74) is 1.15. The van der Waals surface area contributed by atoms with Gasteiger partial charge in [0, 0.05) is 7.05 Å². The number of likely N-dealkylation sites (N-methyl/N-ethyl adjacent to an activating group) is 1. The van der Waals surface area contributed by atoms with Crippen LogP contribution in [0.4, 0.5) is 0 Å². The zero-order valence-electron chi connectivity index (χ0n) is 12.4. The Bertz CT molecular complexity index is 427. The third-order valence-electron chi connectivity index (χ3n) is 3.63. The van der Waals surface area contributed by atoms with Crippen molar-refractivity contribution in [3.8, 4) is 0 Å². The predicted molar refractivity (Wildman–Crippen MR) is 77.4 cm³/mol. The first-order chi connectivity index (χ1) is 9.61. The van der Waals surface area contributed by atoms with Crippen molar-refractivity contribution in [1.29, 1.82) is 0 Å². The van der Waals surface area contributed by atoms with Crippen LogP contribution in [0.1, 0.15) is 25.5 Å². The monoisotopic (exact) mass is 277 g/mol. The van der Waals surface area contributed by atoms with E-state index in [4.69, 9.17) is 9.47 Å². The van der Waals surface area contributed by atoms with E-state index in [9.17, 15) is 4.79 Å². The molecule has 2 rings (SSSR count). The highest BCUT2D eigenvalue weighted by Gasteiger charge is 2.31. The fraction of sp³-hybridized carbons (Fsp3) is 0.562. The first-order valence-electron chi connectivity index (χ1n) is 7.12. The summed E-state index contributed by atoms with van der Waals surface area (Å²) < 4.78 is 10.8. The molecule has 0 radical (unpaired) electrons. The third-order valence-corrected chi connectivity index (χ3v) is 3.63. The Balaban J connectivity index is 2.14. The molecule has 1 aliphatic rings. The normalized spacial score (nSPS) is 20.7. The van der Waals surface area contributed by atoms with Crippen molar-refractivity contribution >= 4 is 5.91 Å². The van der Waals surface area contributed by atoms with Crippen molar-refractivity contribution in [1.82, 2.24) is 4.90 Å². The molecule has 0 aromatic heterocycles. The first-order valence-corrected chi connectivity index (χ1v) is 7.12. The minimum atomic E-state index is -0.473. The van der Waals surface area contributed by atoms with Gasteiger partial charge in [-0.15, -0.1) is 0 Å². The number of hydrogen-bond donors (Lipinski definition) is 0. The molecule has 4 nitrogen and oxygen atoms in total. The molecule has 1 amide bonds. The van der Waals surface area contributed by atoms with Gasteiger partial charge in [0.25, 0.3) is 5.91 Å². The molecule has 4 heteroatoms. The lowest BCUT2D eigenvalue weighted by atomic mass is 9.94. The van der Waals surface area contributed by atoms with Crippen LogP contribution in [0.15, 0.2) is 30.3 Å². The molecule has 1 aromatic rings. The Morgan fingerprint density at radius 3 is 2.50 bits per heavy atom. The molecule has 0 aliphatic carbocycles. The maximum atomic E-state index is 12.5. The summed E-state index contributed by atoms with van der Waals surface area (Å²) in [6.07, 6.45) is -0.473. The highest BCUT2D eigenvalue weighted by atomic mass is 16.6. The van der Waals surface area contributed by atoms with Gasteiger partial charge < -0.3 is 14.4 Å². The van der Waals surface area contributed by atoms with E-state index in [1.807, 2.05) is 25.2 Å². The Morgan fingerprint density at radius 1 is 1.25 bits per heavy atom. The van der Waals surface area contributed by atoms with Crippen LogP contribution in [0, 0.1) is 5.92 Å². The van der Waals surface area contributed by atoms with E-state index in [1.54, 1.807) is 4.90 Å². The number of nitrogens with zero attached hydrogens (tertiary/aromatic N) is 1. The van der Waals surface area contributed by atoms with Gasteiger partial charge in [-0.3, -0.25) is 4.79 Å². The minimum absolute atomic E-state index is 0.00717. The van der Waals surface area contributed by atoms with Crippen molar-refractivity contribution in [2.75, 3.05) is 26.9 Å². The van der Waals surface area contributed by atoms with Crippen molar-refractivity contribution in [2.45, 2.75) is 26.0 Å². The highest BCUT2D eigenvalue weighted by Crippen LogP contribution is 2.28. The molecule has 1 aliphatic heterocycles. The lowest BCUT2D eigenvalue weighted by Gasteiger charge is -2.35. The van der Waals surface area contributed by atoms with Gasteiger partial charge in [0.05, 0.1) is 25.9 Å². The van der Waals surface area contributed by atoms with Crippen molar-refractivity contribution in [2.24, 2.45) is 5.92 Å². The van der Waals surface area contributed by atoms with Crippen molar-refractivity contribution in [3.63, 3.8) is 0 Å². The van der Waals surface area contributed by atoms with Gasteiger partial charge in [-0.2, -0.15) is 0 Å². The lowest BCUT2D eigenvalue weighted by Crippen LogP contribution is -2.46. The molecular formula is C16H23NO3. The summed E-state index contributed by atoms with van der Waals surface area (Å²) in [6, 6.07) is 10.2. The number of rotatable bonds is 4. The van der Waals surface area contributed by atoms with Crippen LogP contribution in [-0.4, -0.2) is 43.8 Å². The molecule has 110 valence electrons. The van der Waals surface area contributed by atoms with E-state index in [0.29, 0.717) is 25.7 Å². The molecule has 0 N–H and O–H groups in total. The van der Waals surface area contributed by atoms with Gasteiger partial charge in [-0.05, 0) is 11.5 Å². The molecule has 20 heavy (non-hydrogen) atoms. The minimum Gasteiger partial charge on any atom is -0.376 e. The van der Waals surface area contributed by atoms with E-state index < -0.39 is 6.10 Å². The molecule has 1 aromatic carbocycles. The number of carbonyl (C=O) groups is 1. The van der Waals surface area contributed by atoms with Crippen molar-refractivity contribution in [3.05, 3.63) is 35.9 Å². The quantitative estimate of drug-likeness (QED) is 0.847. The standard InChI is InChI=1S/C16H23NO3/c1-12(2)15(13-7-5-4-6-8-13)17(3)16(18)14-11-19-9-10-20-14/h4-8,12,14-15H,9-11H2,1-3H3/t14-,15-/m1/s1. The largest absolute Gasteiger partial charge is 0.376 e. The topological polar surface area (TPSA) is 38.8 Å². The Hall–Kier alpha value is -1.39. The molecule has 2 atom stereocenters. The lowest BCUT2D eigenvalue weighted by molar-refractivity contribution is -0.159. The van der Waals surface area contributed by atoms with Crippen LogP contribution in [0.2, 0.25) is 0 Å². The fourth-order valence-corrected chi connectivity index (χ4v) is 2.70. The van der Waals surface area contributed by atoms with Gasteiger partial charge in [0.15, 0.2) is 6.10 Å². The smallest absolute Gasteiger partial charge is 0.254 e. The molecule has 0 unspecified atom stereocenters. The molecule has 1 saturated heterocycles. The second-order valence-corrected chi connectivity index (χ2v) is 5.48. The van der Waals surface area contributed by atoms with E-state index in [2.05, 4.69) is 26.0 Å². The van der Waals surface area contributed by atoms with E-state index in [1.165, 1.54) is 0 Å². The van der Waals surface area contributed by atoms with Gasteiger partial charge in [-0.25, -0.2) is 0 Å². The predicted octanol–water partition coefficient (Wildman–Crippen LogP) is 2.26. The first kappa shape index (κ1) is 15.0. The summed E-state index contributed by atoms with van der Waals surface area (Å²) in [4.78, 5) is 14.3. The number of amides is 1. The summed E-state index contributed by atoms with van der Waals surface area (Å²) in [7, 11) is 1.85. The van der Waals surface area contributed by atoms with Gasteiger partial charge in [0.2, 0.25) is 0 Å². The van der Waals surface area contributed by atoms with E-state index in [0.717, 1.165) is 5.56 Å². The molecule has 1 heterocycles. The van der Waals surface area contributed by atoms with E-state index in [-0.39, 0.29) is 11.9 Å². The average Bonchev–Trinajstić information content (AvgIpc) is 2.48. The van der Waals surface area contributed by atoms with Crippen LogP contribution in [0.25, 0.3) is 0 Å². The number of carbonyl (C=O) groups excluding carboxylic acids is 1. The summed E-state index contributed by atoms with van der Waals surface area (Å²) in [5.74, 6) is 0.322. The van der Waals surface area contributed by atoms with Gasteiger partial charge in [0.1, 0.15) is 0 Å². The second kappa shape index (κ2) is 6.86. The molecule has 0 bridgehead atoms. The summed E-state index contributed by atoms with van der Waals surface area (Å²) in [5, 5.41) is 0. The maximum Gasteiger partial charge on any atom is 0.254 e. The number of benzene rings is 1. The van der Waals surface area contributed by atoms with Crippen LogP contribution in [-0.2, 0) is 14.3 Å². The molecular weight excluding hydrogens is 254 g/mol. The van der Waals surface area contributed by atoms with Crippen LogP contribution < -0.4 is 0 Å². The molecule has 1 fully saturated rings. The SMILES string of the molecule is CC(C)[C@H](c1ccccc1)N(C)C(=O)[C@H]1COCCO1. The fourth-order valence-electron chi connectivity index (χ4n) is 2.70. The van der Waals surface area contributed by atoms with Crippen LogP contribution >= 0.6 is 0 Å². The zero-order chi connectivity index (χ0) is 14.5. The number of ether oxygens (including phenoxy) is 2. The maximum absolute atomic E-state index is 12.5. The Labute approximate surface area is 120 Å². The van der Waals surface area contributed by atoms with Crippen LogP contribution in [0.5, 0.6) is 0 Å². The van der Waals surface area contributed by atoms with Gasteiger partial charge in [-0.1, -0.05) is 44.2 Å². The number of hydrogen-bond acceptors (Lipinski definition) is 3. The highest BCUT2D eigenvalue weighted by molar-refractivity contribution is 5.81. The molecule has 0 spiro atoms. The zero-order valence-corrected chi connectivity index (χ0v) is 12.4.